The Morgan fingerprint density at radius 3 is 0.648 bits per heavy atom. The van der Waals surface area contributed by atoms with E-state index in [4.69, 9.17) is 37.0 Å². The summed E-state index contributed by atoms with van der Waals surface area (Å²) in [5.74, 6) is -1.35. The van der Waals surface area contributed by atoms with Gasteiger partial charge in [0, 0.05) is 25.7 Å². The van der Waals surface area contributed by atoms with E-state index in [-0.39, 0.29) is 25.7 Å². The highest BCUT2D eigenvalue weighted by molar-refractivity contribution is 7.47. The number of ether oxygens (including phenoxy) is 4. The van der Waals surface area contributed by atoms with Crippen LogP contribution in [0.3, 0.4) is 0 Å². The molecule has 0 aliphatic rings. The molecule has 0 heterocycles. The first-order valence-electron chi connectivity index (χ1n) is 44.6. The number of esters is 4. The van der Waals surface area contributed by atoms with Crippen LogP contribution in [0.2, 0.25) is 0 Å². The monoisotopic (exact) mass is 1540 g/mol. The minimum absolute atomic E-state index is 0.108. The van der Waals surface area contributed by atoms with Crippen molar-refractivity contribution in [1.29, 1.82) is 0 Å². The normalized spacial score (nSPS) is 13.8. The Balaban J connectivity index is 5.25. The van der Waals surface area contributed by atoms with Gasteiger partial charge in [-0.3, -0.25) is 37.3 Å². The summed E-state index contributed by atoms with van der Waals surface area (Å²) in [5, 5.41) is 10.7. The highest BCUT2D eigenvalue weighted by atomic mass is 31.2. The third-order valence-electron chi connectivity index (χ3n) is 20.3. The minimum atomic E-state index is -4.97. The molecule has 0 aliphatic heterocycles. The number of phosphoric ester groups is 2. The molecule has 0 fully saturated rings. The molecule has 0 aromatic carbocycles. The lowest BCUT2D eigenvalue weighted by Crippen LogP contribution is -2.30. The van der Waals surface area contributed by atoms with Gasteiger partial charge in [0.05, 0.1) is 26.4 Å². The summed E-state index contributed by atoms with van der Waals surface area (Å²) in [5.41, 5.74) is 0. The first kappa shape index (κ1) is 103. The van der Waals surface area contributed by atoms with E-state index in [1.807, 2.05) is 0 Å². The molecule has 0 rings (SSSR count). The molecular formula is C86H168O17P2. The zero-order valence-corrected chi connectivity index (χ0v) is 70.7. The van der Waals surface area contributed by atoms with Crippen molar-refractivity contribution >= 4 is 39.5 Å². The molecule has 0 amide bonds. The summed E-state index contributed by atoms with van der Waals surface area (Å²) in [6.45, 7) is 7.35. The molecule has 105 heavy (non-hydrogen) atoms. The predicted molar refractivity (Wildman–Crippen MR) is 432 cm³/mol. The van der Waals surface area contributed by atoms with Crippen molar-refractivity contribution in [2.75, 3.05) is 39.6 Å². The van der Waals surface area contributed by atoms with Gasteiger partial charge in [-0.15, -0.1) is 0 Å². The third kappa shape index (κ3) is 79.9. The second-order valence-electron chi connectivity index (χ2n) is 31.4. The van der Waals surface area contributed by atoms with Crippen LogP contribution in [0.4, 0.5) is 0 Å². The molecule has 0 saturated carbocycles. The molecule has 0 aromatic heterocycles. The molecule has 0 saturated heterocycles. The molecule has 0 spiro atoms. The fraction of sp³-hybridized carbons (Fsp3) is 0.953. The molecule has 2 unspecified atom stereocenters. The maximum atomic E-state index is 13.1. The van der Waals surface area contributed by atoms with Crippen molar-refractivity contribution in [1.82, 2.24) is 0 Å². The van der Waals surface area contributed by atoms with Gasteiger partial charge in [0.25, 0.3) is 0 Å². The van der Waals surface area contributed by atoms with Crippen LogP contribution in [-0.4, -0.2) is 96.7 Å². The molecule has 0 radical (unpaired) electrons. The number of carbonyl (C=O) groups is 4. The number of unbranched alkanes of at least 4 members (excludes halogenated alkanes) is 58. The fourth-order valence-electron chi connectivity index (χ4n) is 13.5. The summed E-state index contributed by atoms with van der Waals surface area (Å²) in [7, 11) is -9.93. The molecule has 5 atom stereocenters. The lowest BCUT2D eigenvalue weighted by Gasteiger charge is -2.21. The van der Waals surface area contributed by atoms with Gasteiger partial charge in [-0.2, -0.15) is 0 Å². The van der Waals surface area contributed by atoms with Crippen LogP contribution in [0.5, 0.6) is 0 Å². The fourth-order valence-corrected chi connectivity index (χ4v) is 15.1. The van der Waals surface area contributed by atoms with Crippen LogP contribution in [0.25, 0.3) is 0 Å². The van der Waals surface area contributed by atoms with E-state index in [1.165, 1.54) is 289 Å². The van der Waals surface area contributed by atoms with E-state index < -0.39 is 97.5 Å². The first-order valence-corrected chi connectivity index (χ1v) is 47.6. The van der Waals surface area contributed by atoms with Crippen LogP contribution in [0.15, 0.2) is 0 Å². The van der Waals surface area contributed by atoms with Crippen LogP contribution in [0, 0.1) is 5.92 Å². The van der Waals surface area contributed by atoms with E-state index in [1.54, 1.807) is 0 Å². The molecule has 19 heteroatoms. The number of aliphatic hydroxyl groups excluding tert-OH is 1. The number of hydrogen-bond acceptors (Lipinski definition) is 15. The number of carbonyl (C=O) groups excluding carboxylic acids is 4. The van der Waals surface area contributed by atoms with Crippen molar-refractivity contribution in [2.45, 2.75) is 483 Å². The van der Waals surface area contributed by atoms with Crippen molar-refractivity contribution in [2.24, 2.45) is 5.92 Å². The highest BCUT2D eigenvalue weighted by Crippen LogP contribution is 2.45. The number of phosphoric acid groups is 2. The Hall–Kier alpha value is -1.94. The van der Waals surface area contributed by atoms with Crippen molar-refractivity contribution in [3.63, 3.8) is 0 Å². The van der Waals surface area contributed by atoms with Crippen molar-refractivity contribution < 1.29 is 80.2 Å². The van der Waals surface area contributed by atoms with E-state index in [0.29, 0.717) is 25.7 Å². The molecule has 0 bridgehead atoms. The maximum Gasteiger partial charge on any atom is 0.472 e. The molecule has 624 valence electrons. The largest absolute Gasteiger partial charge is 0.472 e. The quantitative estimate of drug-likeness (QED) is 0.0222. The summed E-state index contributed by atoms with van der Waals surface area (Å²) in [4.78, 5) is 73.3. The summed E-state index contributed by atoms with van der Waals surface area (Å²) < 4.78 is 68.9. The van der Waals surface area contributed by atoms with Gasteiger partial charge in [-0.25, -0.2) is 9.13 Å². The average Bonchev–Trinajstić information content (AvgIpc) is 0.906. The molecule has 3 N–H and O–H groups in total. The Morgan fingerprint density at radius 1 is 0.257 bits per heavy atom. The second kappa shape index (κ2) is 78.7. The number of hydrogen-bond donors (Lipinski definition) is 3. The minimum Gasteiger partial charge on any atom is -0.462 e. The zero-order chi connectivity index (χ0) is 76.9. The maximum absolute atomic E-state index is 13.1. The van der Waals surface area contributed by atoms with Crippen LogP contribution < -0.4 is 0 Å². The second-order valence-corrected chi connectivity index (χ2v) is 34.3. The molecule has 17 nitrogen and oxygen atoms in total. The third-order valence-corrected chi connectivity index (χ3v) is 22.2. The van der Waals surface area contributed by atoms with Gasteiger partial charge in [0.1, 0.15) is 19.3 Å². The lowest BCUT2D eigenvalue weighted by molar-refractivity contribution is -0.161. The molecule has 0 aromatic rings. The summed E-state index contributed by atoms with van der Waals surface area (Å²) in [6.07, 6.45) is 72.2. The van der Waals surface area contributed by atoms with E-state index in [2.05, 4.69) is 34.6 Å². The van der Waals surface area contributed by atoms with Crippen molar-refractivity contribution in [3.05, 3.63) is 0 Å². The summed E-state index contributed by atoms with van der Waals surface area (Å²) >= 11 is 0. The van der Waals surface area contributed by atoms with Crippen LogP contribution >= 0.6 is 15.6 Å². The lowest BCUT2D eigenvalue weighted by atomic mass is 10.0. The first-order chi connectivity index (χ1) is 51.0. The SMILES string of the molecule is CCCCCCCCCCCCCCCCCCCCCCC(=O)O[C@H](COC(=O)CCCCCCCCCCCCCCCCCCCC)COP(=O)(O)OC[C@@H](O)COP(=O)(O)OC[C@@H](COC(=O)CCCCCCCCCCCC(C)C)OC(=O)CCCCCCCCCCCCCCCCC. The van der Waals surface area contributed by atoms with Gasteiger partial charge in [-0.05, 0) is 31.6 Å². The van der Waals surface area contributed by atoms with Gasteiger partial charge >= 0.3 is 39.5 Å². The smallest absolute Gasteiger partial charge is 0.462 e. The highest BCUT2D eigenvalue weighted by Gasteiger charge is 2.30. The van der Waals surface area contributed by atoms with E-state index >= 15 is 0 Å². The standard InChI is InChI=1S/C86H168O17P2/c1-6-9-12-15-18-21-24-27-30-32-34-35-37-40-43-46-51-57-62-67-72-86(91)102-81(75-96-83(88)69-64-59-54-49-44-41-39-36-33-31-28-25-22-19-16-13-10-7-2)77-100-104(92,93)98-73-80(87)74-99-105(94,95)101-78-82(76-97-84(89)70-65-60-55-52-47-48-53-58-63-68-79(4)5)103-85(90)71-66-61-56-50-45-42-38-29-26-23-20-17-14-11-8-3/h79-82,87H,6-78H2,1-5H3,(H,92,93)(H,94,95)/t80-,81-,82-/m1/s1. The number of aliphatic hydroxyl groups is 1. The van der Waals surface area contributed by atoms with Gasteiger partial charge in [0.2, 0.25) is 0 Å². The Morgan fingerprint density at radius 2 is 0.438 bits per heavy atom. The van der Waals surface area contributed by atoms with E-state index in [0.717, 1.165) is 95.8 Å². The van der Waals surface area contributed by atoms with E-state index in [9.17, 15) is 43.2 Å². The van der Waals surface area contributed by atoms with Crippen LogP contribution in [-0.2, 0) is 65.4 Å². The Kier molecular flexibility index (Phi) is 77.3. The Bertz CT molecular complexity index is 2000. The molecular weight excluding hydrogens is 1370 g/mol. The molecule has 0 aliphatic carbocycles. The van der Waals surface area contributed by atoms with Gasteiger partial charge in [0.15, 0.2) is 12.2 Å². The van der Waals surface area contributed by atoms with Gasteiger partial charge in [-0.1, -0.05) is 413 Å². The zero-order valence-electron chi connectivity index (χ0n) is 68.9. The summed E-state index contributed by atoms with van der Waals surface area (Å²) in [6, 6.07) is 0. The number of rotatable bonds is 86. The Labute approximate surface area is 645 Å². The van der Waals surface area contributed by atoms with Crippen LogP contribution in [0.1, 0.15) is 465 Å². The van der Waals surface area contributed by atoms with Gasteiger partial charge < -0.3 is 33.8 Å². The predicted octanol–water partition coefficient (Wildman–Crippen LogP) is 26.4. The topological polar surface area (TPSA) is 237 Å². The average molecular weight is 1540 g/mol. The van der Waals surface area contributed by atoms with Crippen molar-refractivity contribution in [3.8, 4) is 0 Å².